The molecule has 3 rings (SSSR count). The van der Waals surface area contributed by atoms with Crippen LogP contribution in [-0.2, 0) is 6.42 Å². The lowest BCUT2D eigenvalue weighted by Gasteiger charge is -2.37. The van der Waals surface area contributed by atoms with E-state index in [1.165, 1.54) is 25.3 Å². The first kappa shape index (κ1) is 13.1. The van der Waals surface area contributed by atoms with Crippen molar-refractivity contribution >= 4 is 0 Å². The maximum absolute atomic E-state index is 13.1. The lowest BCUT2D eigenvalue weighted by molar-refractivity contribution is -0.0196. The molecule has 0 amide bonds. The summed E-state index contributed by atoms with van der Waals surface area (Å²) in [7, 11) is 0. The van der Waals surface area contributed by atoms with E-state index >= 15 is 0 Å². The summed E-state index contributed by atoms with van der Waals surface area (Å²) in [5.41, 5.74) is 1.50. The van der Waals surface area contributed by atoms with Crippen molar-refractivity contribution in [1.82, 2.24) is 0 Å². The van der Waals surface area contributed by atoms with Crippen molar-refractivity contribution < 1.29 is 9.50 Å². The Balaban J connectivity index is 1.73. The second kappa shape index (κ2) is 4.90. The van der Waals surface area contributed by atoms with Crippen LogP contribution < -0.4 is 0 Å². The van der Waals surface area contributed by atoms with Gasteiger partial charge in [0.15, 0.2) is 0 Å². The Hall–Kier alpha value is -0.890. The molecule has 2 heteroatoms. The molecule has 2 saturated carbocycles. The van der Waals surface area contributed by atoms with Crippen molar-refractivity contribution in [1.29, 1.82) is 0 Å². The maximum Gasteiger partial charge on any atom is 0.123 e. The molecule has 1 nitrogen and oxygen atoms in total. The summed E-state index contributed by atoms with van der Waals surface area (Å²) in [6.45, 7) is 1.93. The zero-order valence-corrected chi connectivity index (χ0v) is 11.7. The molecule has 0 aliphatic heterocycles. The van der Waals surface area contributed by atoms with Gasteiger partial charge < -0.3 is 5.11 Å². The maximum atomic E-state index is 13.1. The summed E-state index contributed by atoms with van der Waals surface area (Å²) in [5.74, 6) is 1.41. The Morgan fingerprint density at radius 3 is 2.74 bits per heavy atom. The minimum Gasteiger partial charge on any atom is -0.390 e. The van der Waals surface area contributed by atoms with Gasteiger partial charge in [0.25, 0.3) is 0 Å². The average Bonchev–Trinajstić information content (AvgIpc) is 3.17. The van der Waals surface area contributed by atoms with Gasteiger partial charge >= 0.3 is 0 Å². The second-order valence-corrected chi connectivity index (χ2v) is 6.67. The van der Waals surface area contributed by atoms with Crippen molar-refractivity contribution in [3.8, 4) is 0 Å². The quantitative estimate of drug-likeness (QED) is 0.872. The summed E-state index contributed by atoms with van der Waals surface area (Å²) in [4.78, 5) is 0. The first-order chi connectivity index (χ1) is 9.06. The highest BCUT2D eigenvalue weighted by atomic mass is 19.1. The number of aliphatic hydroxyl groups is 1. The molecule has 0 heterocycles. The minimum atomic E-state index is -0.561. The van der Waals surface area contributed by atoms with E-state index in [0.717, 1.165) is 42.2 Å². The molecule has 2 aliphatic rings. The summed E-state index contributed by atoms with van der Waals surface area (Å²) in [6, 6.07) is 4.91. The van der Waals surface area contributed by atoms with Gasteiger partial charge in [0.1, 0.15) is 5.82 Å². The summed E-state index contributed by atoms with van der Waals surface area (Å²) < 4.78 is 13.1. The molecule has 1 aromatic carbocycles. The summed E-state index contributed by atoms with van der Waals surface area (Å²) >= 11 is 0. The van der Waals surface area contributed by atoms with E-state index in [2.05, 4.69) is 0 Å². The zero-order chi connectivity index (χ0) is 13.5. The fraction of sp³-hybridized carbons (Fsp3) is 0.647. The fourth-order valence-corrected chi connectivity index (χ4v) is 3.73. The topological polar surface area (TPSA) is 20.2 Å². The molecule has 2 atom stereocenters. The van der Waals surface area contributed by atoms with Crippen LogP contribution in [0.5, 0.6) is 0 Å². The first-order valence-electron chi connectivity index (χ1n) is 7.53. The highest BCUT2D eigenvalue weighted by molar-refractivity contribution is 5.28. The van der Waals surface area contributed by atoms with Crippen LogP contribution in [0.4, 0.5) is 4.39 Å². The van der Waals surface area contributed by atoms with Crippen molar-refractivity contribution in [2.24, 2.45) is 11.8 Å². The molecule has 0 bridgehead atoms. The number of rotatable bonds is 3. The lowest BCUT2D eigenvalue weighted by Crippen LogP contribution is -2.38. The van der Waals surface area contributed by atoms with Gasteiger partial charge in [-0.1, -0.05) is 12.5 Å². The van der Waals surface area contributed by atoms with E-state index in [1.807, 2.05) is 13.0 Å². The van der Waals surface area contributed by atoms with Crippen molar-refractivity contribution in [2.45, 2.75) is 57.5 Å². The van der Waals surface area contributed by atoms with Crippen LogP contribution in [-0.4, -0.2) is 10.7 Å². The van der Waals surface area contributed by atoms with Crippen LogP contribution in [0.1, 0.15) is 49.7 Å². The molecule has 2 aliphatic carbocycles. The lowest BCUT2D eigenvalue weighted by atomic mass is 9.73. The predicted octanol–water partition coefficient (Wildman–Crippen LogP) is 4.01. The van der Waals surface area contributed by atoms with E-state index in [1.54, 1.807) is 6.07 Å². The van der Waals surface area contributed by atoms with Gasteiger partial charge in [-0.2, -0.15) is 0 Å². The van der Waals surface area contributed by atoms with Crippen molar-refractivity contribution in [3.63, 3.8) is 0 Å². The van der Waals surface area contributed by atoms with Gasteiger partial charge in [-0.15, -0.1) is 0 Å². The molecule has 0 radical (unpaired) electrons. The number of aryl methyl sites for hydroxylation is 1. The Kier molecular flexibility index (Phi) is 3.38. The van der Waals surface area contributed by atoms with E-state index in [0.29, 0.717) is 6.42 Å². The van der Waals surface area contributed by atoms with Gasteiger partial charge in [-0.25, -0.2) is 4.39 Å². The predicted molar refractivity (Wildman–Crippen MR) is 74.5 cm³/mol. The van der Waals surface area contributed by atoms with Crippen LogP contribution in [0.2, 0.25) is 0 Å². The van der Waals surface area contributed by atoms with E-state index in [9.17, 15) is 9.50 Å². The monoisotopic (exact) mass is 262 g/mol. The second-order valence-electron chi connectivity index (χ2n) is 6.67. The first-order valence-corrected chi connectivity index (χ1v) is 7.53. The highest BCUT2D eigenvalue weighted by Crippen LogP contribution is 2.47. The standard InChI is InChI=1S/C17H23FO/c1-12-9-16(18)7-6-14(12)10-17(19)8-2-3-15(11-17)13-4-5-13/h6-7,9,13,15,19H,2-5,8,10-11H2,1H3. The normalized spacial score (nSPS) is 31.4. The van der Waals surface area contributed by atoms with Gasteiger partial charge in [-0.05, 0) is 74.1 Å². The number of benzene rings is 1. The van der Waals surface area contributed by atoms with Gasteiger partial charge in [-0.3, -0.25) is 0 Å². The Morgan fingerprint density at radius 1 is 1.26 bits per heavy atom. The molecular formula is C17H23FO. The van der Waals surface area contributed by atoms with Crippen LogP contribution in [0.3, 0.4) is 0 Å². The number of hydrogen-bond donors (Lipinski definition) is 1. The Bertz CT molecular complexity index is 466. The van der Waals surface area contributed by atoms with Crippen LogP contribution >= 0.6 is 0 Å². The van der Waals surface area contributed by atoms with E-state index < -0.39 is 5.60 Å². The third-order valence-electron chi connectivity index (χ3n) is 4.97. The molecule has 0 spiro atoms. The zero-order valence-electron chi connectivity index (χ0n) is 11.7. The Labute approximate surface area is 114 Å². The van der Waals surface area contributed by atoms with E-state index in [4.69, 9.17) is 0 Å². The average molecular weight is 262 g/mol. The molecule has 19 heavy (non-hydrogen) atoms. The summed E-state index contributed by atoms with van der Waals surface area (Å²) in [5, 5.41) is 10.9. The smallest absolute Gasteiger partial charge is 0.123 e. The van der Waals surface area contributed by atoms with Crippen LogP contribution in [0, 0.1) is 24.6 Å². The molecule has 1 N–H and O–H groups in total. The number of halogens is 1. The van der Waals surface area contributed by atoms with E-state index in [-0.39, 0.29) is 5.82 Å². The third-order valence-corrected chi connectivity index (χ3v) is 4.97. The van der Waals surface area contributed by atoms with Gasteiger partial charge in [0.2, 0.25) is 0 Å². The molecule has 0 aromatic heterocycles. The summed E-state index contributed by atoms with van der Waals surface area (Å²) in [6.07, 6.45) is 7.66. The van der Waals surface area contributed by atoms with Crippen molar-refractivity contribution in [3.05, 3.63) is 35.1 Å². The van der Waals surface area contributed by atoms with Gasteiger partial charge in [0.05, 0.1) is 5.60 Å². The SMILES string of the molecule is Cc1cc(F)ccc1CC1(O)CCCC(C2CC2)C1. The van der Waals surface area contributed by atoms with Crippen LogP contribution in [0.25, 0.3) is 0 Å². The highest BCUT2D eigenvalue weighted by Gasteiger charge is 2.41. The Morgan fingerprint density at radius 2 is 2.05 bits per heavy atom. The molecule has 1 aromatic rings. The fourth-order valence-electron chi connectivity index (χ4n) is 3.73. The van der Waals surface area contributed by atoms with Crippen LogP contribution in [0.15, 0.2) is 18.2 Å². The largest absolute Gasteiger partial charge is 0.390 e. The molecule has 2 unspecified atom stereocenters. The van der Waals surface area contributed by atoms with Gasteiger partial charge in [0, 0.05) is 6.42 Å². The molecule has 2 fully saturated rings. The van der Waals surface area contributed by atoms with Crippen molar-refractivity contribution in [2.75, 3.05) is 0 Å². The molecule has 0 saturated heterocycles. The minimum absolute atomic E-state index is 0.187. The molecular weight excluding hydrogens is 239 g/mol. The third kappa shape index (κ3) is 3.00. The number of hydrogen-bond acceptors (Lipinski definition) is 1. The molecule has 104 valence electrons.